The van der Waals surface area contributed by atoms with Gasteiger partial charge in [0.15, 0.2) is 0 Å². The fourth-order valence-corrected chi connectivity index (χ4v) is 3.27. The first kappa shape index (κ1) is 13.8. The Morgan fingerprint density at radius 2 is 1.75 bits per heavy atom. The zero-order valence-electron chi connectivity index (χ0n) is 10.2. The molecular weight excluding hydrogens is 315 g/mol. The average Bonchev–Trinajstić information content (AvgIpc) is 2.69. The van der Waals surface area contributed by atoms with Crippen molar-refractivity contribution in [3.05, 3.63) is 52.0 Å². The van der Waals surface area contributed by atoms with Crippen LogP contribution in [0, 0.1) is 0 Å². The van der Waals surface area contributed by atoms with Gasteiger partial charge < -0.3 is 11.1 Å². The molecule has 0 saturated heterocycles. The molecular formula is C14H10Cl2N2OS. The second kappa shape index (κ2) is 5.30. The first-order valence-electron chi connectivity index (χ1n) is 5.88. The molecule has 0 bridgehead atoms. The second-order valence-electron chi connectivity index (χ2n) is 4.39. The highest BCUT2D eigenvalue weighted by Gasteiger charge is 2.26. The van der Waals surface area contributed by atoms with Gasteiger partial charge in [-0.25, -0.2) is 0 Å². The smallest absolute Gasteiger partial charge is 0.245 e. The summed E-state index contributed by atoms with van der Waals surface area (Å²) in [6, 6.07) is 10.6. The summed E-state index contributed by atoms with van der Waals surface area (Å²) in [5, 5.41) is 3.82. The molecule has 3 nitrogen and oxygen atoms in total. The molecule has 0 aromatic heterocycles. The van der Waals surface area contributed by atoms with E-state index in [2.05, 4.69) is 5.32 Å². The third kappa shape index (κ3) is 2.52. The maximum atomic E-state index is 11.5. The maximum absolute atomic E-state index is 11.5. The molecule has 0 fully saturated rings. The normalized spacial score (nSPS) is 16.9. The lowest BCUT2D eigenvalue weighted by molar-refractivity contribution is -0.116. The topological polar surface area (TPSA) is 55.1 Å². The summed E-state index contributed by atoms with van der Waals surface area (Å²) in [6.07, 6.45) is 0. The molecule has 20 heavy (non-hydrogen) atoms. The van der Waals surface area contributed by atoms with Gasteiger partial charge in [0.25, 0.3) is 0 Å². The summed E-state index contributed by atoms with van der Waals surface area (Å²) < 4.78 is 0. The van der Waals surface area contributed by atoms with Crippen LogP contribution in [-0.4, -0.2) is 5.91 Å². The van der Waals surface area contributed by atoms with Gasteiger partial charge in [-0.05, 0) is 30.3 Å². The highest BCUT2D eigenvalue weighted by molar-refractivity contribution is 7.99. The molecule has 0 spiro atoms. The quantitative estimate of drug-likeness (QED) is 0.874. The van der Waals surface area contributed by atoms with Crippen LogP contribution in [0.3, 0.4) is 0 Å². The predicted molar refractivity (Wildman–Crippen MR) is 82.6 cm³/mol. The zero-order valence-corrected chi connectivity index (χ0v) is 12.5. The fourth-order valence-electron chi connectivity index (χ4n) is 2.01. The second-order valence-corrected chi connectivity index (χ2v) is 6.36. The van der Waals surface area contributed by atoms with Gasteiger partial charge in [0.05, 0.1) is 10.0 Å². The van der Waals surface area contributed by atoms with Gasteiger partial charge in [0, 0.05) is 21.0 Å². The van der Waals surface area contributed by atoms with Gasteiger partial charge in [-0.2, -0.15) is 0 Å². The van der Waals surface area contributed by atoms with Crippen molar-refractivity contribution in [3.63, 3.8) is 0 Å². The number of anilines is 1. The fraction of sp³-hybridized carbons (Fsp3) is 0.0714. The van der Waals surface area contributed by atoms with E-state index in [0.29, 0.717) is 10.0 Å². The van der Waals surface area contributed by atoms with E-state index in [4.69, 9.17) is 28.9 Å². The summed E-state index contributed by atoms with van der Waals surface area (Å²) >= 11 is 13.4. The van der Waals surface area contributed by atoms with Gasteiger partial charge in [0.1, 0.15) is 6.04 Å². The molecule has 6 heteroatoms. The molecule has 0 aliphatic carbocycles. The van der Waals surface area contributed by atoms with Crippen molar-refractivity contribution in [2.24, 2.45) is 5.73 Å². The van der Waals surface area contributed by atoms with Gasteiger partial charge in [-0.15, -0.1) is 0 Å². The van der Waals surface area contributed by atoms with Crippen molar-refractivity contribution < 1.29 is 4.79 Å². The molecule has 1 unspecified atom stereocenters. The summed E-state index contributed by atoms with van der Waals surface area (Å²) in [5.74, 6) is -0.170. The van der Waals surface area contributed by atoms with E-state index in [1.165, 1.54) is 0 Å². The Morgan fingerprint density at radius 3 is 2.50 bits per heavy atom. The monoisotopic (exact) mass is 324 g/mol. The minimum atomic E-state index is -0.575. The van der Waals surface area contributed by atoms with Crippen LogP contribution < -0.4 is 11.1 Å². The first-order chi connectivity index (χ1) is 9.54. The Hall–Kier alpha value is -1.20. The highest BCUT2D eigenvalue weighted by Crippen LogP contribution is 2.37. The minimum Gasteiger partial charge on any atom is -0.324 e. The van der Waals surface area contributed by atoms with Crippen LogP contribution in [0.1, 0.15) is 11.6 Å². The van der Waals surface area contributed by atoms with Crippen LogP contribution >= 0.6 is 35.0 Å². The number of carbonyl (C=O) groups excluding carboxylic acids is 1. The molecule has 0 radical (unpaired) electrons. The van der Waals surface area contributed by atoms with Gasteiger partial charge in [-0.3, -0.25) is 4.79 Å². The summed E-state index contributed by atoms with van der Waals surface area (Å²) in [6.45, 7) is 0. The van der Waals surface area contributed by atoms with E-state index >= 15 is 0 Å². The van der Waals surface area contributed by atoms with E-state index in [0.717, 1.165) is 21.0 Å². The Labute approximate surface area is 130 Å². The maximum Gasteiger partial charge on any atom is 0.245 e. The number of nitrogens with two attached hydrogens (primary N) is 1. The molecule has 1 atom stereocenters. The number of halogens is 2. The van der Waals surface area contributed by atoms with Crippen molar-refractivity contribution in [1.29, 1.82) is 0 Å². The third-order valence-electron chi connectivity index (χ3n) is 3.03. The zero-order chi connectivity index (χ0) is 14.3. The lowest BCUT2D eigenvalue weighted by Gasteiger charge is -2.06. The van der Waals surface area contributed by atoms with Gasteiger partial charge in [-0.1, -0.05) is 41.0 Å². The largest absolute Gasteiger partial charge is 0.324 e. The lowest BCUT2D eigenvalue weighted by atomic mass is 10.1. The number of benzene rings is 2. The SMILES string of the molecule is NC1C(=O)Nc2cc(Sc3ccc(Cl)c(Cl)c3)ccc21. The van der Waals surface area contributed by atoms with E-state index in [1.807, 2.05) is 30.3 Å². The van der Waals surface area contributed by atoms with E-state index in [9.17, 15) is 4.79 Å². The van der Waals surface area contributed by atoms with Crippen molar-refractivity contribution in [3.8, 4) is 0 Å². The van der Waals surface area contributed by atoms with Crippen molar-refractivity contribution >= 4 is 46.6 Å². The molecule has 3 N–H and O–H groups in total. The Kier molecular flexibility index (Phi) is 3.65. The van der Waals surface area contributed by atoms with Crippen molar-refractivity contribution in [1.82, 2.24) is 0 Å². The highest BCUT2D eigenvalue weighted by atomic mass is 35.5. The van der Waals surface area contributed by atoms with Gasteiger partial charge >= 0.3 is 0 Å². The molecule has 1 aliphatic heterocycles. The standard InChI is InChI=1S/C14H10Cl2N2OS/c15-10-4-2-7(5-11(10)16)20-8-1-3-9-12(6-8)18-14(19)13(9)17/h1-6,13H,17H2,(H,18,19). The number of carbonyl (C=O) groups is 1. The molecule has 1 heterocycles. The molecule has 2 aromatic rings. The Bertz CT molecular complexity index is 706. The van der Waals surface area contributed by atoms with Crippen LogP contribution in [0.5, 0.6) is 0 Å². The number of hydrogen-bond donors (Lipinski definition) is 2. The van der Waals surface area contributed by atoms with E-state index in [-0.39, 0.29) is 5.91 Å². The van der Waals surface area contributed by atoms with Crippen molar-refractivity contribution in [2.75, 3.05) is 5.32 Å². The molecule has 3 rings (SSSR count). The van der Waals surface area contributed by atoms with Crippen LogP contribution in [0.15, 0.2) is 46.2 Å². The first-order valence-corrected chi connectivity index (χ1v) is 7.45. The molecule has 1 amide bonds. The molecule has 2 aromatic carbocycles. The van der Waals surface area contributed by atoms with Crippen LogP contribution in [-0.2, 0) is 4.79 Å². The summed E-state index contributed by atoms with van der Waals surface area (Å²) in [5.41, 5.74) is 7.38. The number of amides is 1. The lowest BCUT2D eigenvalue weighted by Crippen LogP contribution is -2.19. The number of fused-ring (bicyclic) bond motifs is 1. The summed E-state index contributed by atoms with van der Waals surface area (Å²) in [7, 11) is 0. The number of hydrogen-bond acceptors (Lipinski definition) is 3. The molecule has 1 aliphatic rings. The number of nitrogens with one attached hydrogen (secondary N) is 1. The molecule has 102 valence electrons. The van der Waals surface area contributed by atoms with E-state index < -0.39 is 6.04 Å². The van der Waals surface area contributed by atoms with Gasteiger partial charge in [0.2, 0.25) is 5.91 Å². The van der Waals surface area contributed by atoms with Crippen LogP contribution in [0.25, 0.3) is 0 Å². The van der Waals surface area contributed by atoms with Crippen molar-refractivity contribution in [2.45, 2.75) is 15.8 Å². The predicted octanol–water partition coefficient (Wildman–Crippen LogP) is 4.10. The minimum absolute atomic E-state index is 0.170. The molecule has 0 saturated carbocycles. The Morgan fingerprint density at radius 1 is 1.05 bits per heavy atom. The average molecular weight is 325 g/mol. The van der Waals surface area contributed by atoms with Crippen LogP contribution in [0.4, 0.5) is 5.69 Å². The number of rotatable bonds is 2. The van der Waals surface area contributed by atoms with E-state index in [1.54, 1.807) is 17.8 Å². The van der Waals surface area contributed by atoms with Crippen LogP contribution in [0.2, 0.25) is 10.0 Å². The third-order valence-corrected chi connectivity index (χ3v) is 4.75. The Balaban J connectivity index is 1.87. The summed E-state index contributed by atoms with van der Waals surface area (Å²) in [4.78, 5) is 13.5.